The smallest absolute Gasteiger partial charge is 0.322 e. The number of likely N-dealkylation sites (tertiary alicyclic amines) is 1. The third-order valence-electron chi connectivity index (χ3n) is 3.36. The van der Waals surface area contributed by atoms with Crippen molar-refractivity contribution in [1.82, 2.24) is 20.9 Å². The molecule has 4 amide bonds. The van der Waals surface area contributed by atoms with Crippen LogP contribution in [0, 0.1) is 0 Å². The zero-order valence-corrected chi connectivity index (χ0v) is 13.0. The van der Waals surface area contributed by atoms with E-state index in [1.165, 1.54) is 4.90 Å². The molecule has 11 heteroatoms. The highest BCUT2D eigenvalue weighted by Crippen LogP contribution is 2.17. The maximum atomic E-state index is 12.1. The van der Waals surface area contributed by atoms with Crippen molar-refractivity contribution in [3.63, 3.8) is 0 Å². The maximum Gasteiger partial charge on any atom is 0.322 e. The molecule has 1 aliphatic heterocycles. The highest BCUT2D eigenvalue weighted by Gasteiger charge is 2.33. The Morgan fingerprint density at radius 3 is 2.29 bits per heavy atom. The van der Waals surface area contributed by atoms with Gasteiger partial charge in [-0.1, -0.05) is 0 Å². The third kappa shape index (κ3) is 6.20. The van der Waals surface area contributed by atoms with Crippen LogP contribution in [-0.2, 0) is 24.0 Å². The van der Waals surface area contributed by atoms with Crippen LogP contribution in [-0.4, -0.2) is 78.4 Å². The fraction of sp³-hybridized carbons (Fsp3) is 0.615. The third-order valence-corrected chi connectivity index (χ3v) is 3.36. The van der Waals surface area contributed by atoms with Crippen molar-refractivity contribution in [3.05, 3.63) is 0 Å². The molecule has 0 radical (unpaired) electrons. The van der Waals surface area contributed by atoms with Crippen molar-refractivity contribution >= 4 is 29.6 Å². The number of carboxylic acids is 1. The number of carbonyl (C=O) groups is 5. The number of hydrogen-bond donors (Lipinski definition) is 5. The van der Waals surface area contributed by atoms with Crippen LogP contribution in [0.5, 0.6) is 0 Å². The summed E-state index contributed by atoms with van der Waals surface area (Å²) in [7, 11) is 0. The van der Waals surface area contributed by atoms with Gasteiger partial charge in [0.15, 0.2) is 0 Å². The number of nitrogens with two attached hydrogens (primary N) is 1. The van der Waals surface area contributed by atoms with Crippen LogP contribution in [0.4, 0.5) is 0 Å². The first-order valence-corrected chi connectivity index (χ1v) is 7.37. The summed E-state index contributed by atoms with van der Waals surface area (Å²) in [5.41, 5.74) is 5.07. The molecule has 24 heavy (non-hydrogen) atoms. The van der Waals surface area contributed by atoms with Crippen molar-refractivity contribution in [1.29, 1.82) is 0 Å². The van der Waals surface area contributed by atoms with Gasteiger partial charge >= 0.3 is 5.97 Å². The van der Waals surface area contributed by atoms with Crippen LogP contribution in [0.15, 0.2) is 0 Å². The van der Waals surface area contributed by atoms with Gasteiger partial charge in [-0.15, -0.1) is 0 Å². The second-order valence-electron chi connectivity index (χ2n) is 5.11. The Morgan fingerprint density at radius 1 is 1.00 bits per heavy atom. The van der Waals surface area contributed by atoms with Crippen molar-refractivity contribution in [3.8, 4) is 0 Å². The van der Waals surface area contributed by atoms with Crippen molar-refractivity contribution in [2.24, 2.45) is 5.73 Å². The molecule has 0 aromatic carbocycles. The van der Waals surface area contributed by atoms with E-state index in [2.05, 4.69) is 16.0 Å². The molecular weight excluding hydrogens is 322 g/mol. The first-order chi connectivity index (χ1) is 11.3. The van der Waals surface area contributed by atoms with E-state index in [0.29, 0.717) is 19.4 Å². The van der Waals surface area contributed by atoms with Gasteiger partial charge < -0.3 is 31.7 Å². The SMILES string of the molecule is NCC(=O)NCC(=O)NCC(=O)N1CCC[C@H]1C(=O)NCC(=O)O. The second-order valence-corrected chi connectivity index (χ2v) is 5.11. The molecule has 0 aromatic rings. The largest absolute Gasteiger partial charge is 0.480 e. The molecule has 0 unspecified atom stereocenters. The first kappa shape index (κ1) is 19.4. The lowest BCUT2D eigenvalue weighted by Crippen LogP contribution is -2.50. The van der Waals surface area contributed by atoms with E-state index in [1.807, 2.05) is 0 Å². The molecule has 134 valence electrons. The molecule has 1 fully saturated rings. The van der Waals surface area contributed by atoms with E-state index < -0.39 is 42.2 Å². The van der Waals surface area contributed by atoms with Gasteiger partial charge in [-0.2, -0.15) is 0 Å². The molecule has 11 nitrogen and oxygen atoms in total. The summed E-state index contributed by atoms with van der Waals surface area (Å²) in [6.07, 6.45) is 1.04. The summed E-state index contributed by atoms with van der Waals surface area (Å²) < 4.78 is 0. The Balaban J connectivity index is 2.42. The van der Waals surface area contributed by atoms with Gasteiger partial charge in [0, 0.05) is 6.54 Å². The van der Waals surface area contributed by atoms with Crippen molar-refractivity contribution < 1.29 is 29.1 Å². The fourth-order valence-electron chi connectivity index (χ4n) is 2.21. The maximum absolute atomic E-state index is 12.1. The van der Waals surface area contributed by atoms with Gasteiger partial charge in [0.25, 0.3) is 0 Å². The summed E-state index contributed by atoms with van der Waals surface area (Å²) in [5, 5.41) is 15.4. The van der Waals surface area contributed by atoms with Crippen LogP contribution >= 0.6 is 0 Å². The van der Waals surface area contributed by atoms with Gasteiger partial charge in [-0.3, -0.25) is 24.0 Å². The summed E-state index contributed by atoms with van der Waals surface area (Å²) >= 11 is 0. The van der Waals surface area contributed by atoms with Crippen LogP contribution in [0.25, 0.3) is 0 Å². The molecule has 0 aliphatic carbocycles. The lowest BCUT2D eigenvalue weighted by Gasteiger charge is -2.23. The average molecular weight is 343 g/mol. The van der Waals surface area contributed by atoms with Crippen molar-refractivity contribution in [2.45, 2.75) is 18.9 Å². The Kier molecular flexibility index (Phi) is 7.62. The predicted octanol–water partition coefficient (Wildman–Crippen LogP) is -3.63. The molecule has 0 bridgehead atoms. The van der Waals surface area contributed by atoms with Gasteiger partial charge in [0.05, 0.1) is 19.6 Å². The Bertz CT molecular complexity index is 523. The number of carboxylic acid groups (broad SMARTS) is 1. The van der Waals surface area contributed by atoms with Gasteiger partial charge in [-0.25, -0.2) is 0 Å². The molecule has 6 N–H and O–H groups in total. The molecule has 1 saturated heterocycles. The topological polar surface area (TPSA) is 171 Å². The average Bonchev–Trinajstić information content (AvgIpc) is 3.04. The second kappa shape index (κ2) is 9.45. The lowest BCUT2D eigenvalue weighted by atomic mass is 10.2. The summed E-state index contributed by atoms with van der Waals surface area (Å²) in [5.74, 6) is -3.22. The number of hydrogen-bond acceptors (Lipinski definition) is 6. The molecule has 1 atom stereocenters. The number of aliphatic carboxylic acids is 1. The Hall–Kier alpha value is -2.69. The number of amides is 4. The van der Waals surface area contributed by atoms with E-state index in [-0.39, 0.29) is 19.6 Å². The molecule has 0 aromatic heterocycles. The fourth-order valence-corrected chi connectivity index (χ4v) is 2.21. The molecule has 0 spiro atoms. The highest BCUT2D eigenvalue weighted by atomic mass is 16.4. The number of carbonyl (C=O) groups excluding carboxylic acids is 4. The zero-order chi connectivity index (χ0) is 18.1. The summed E-state index contributed by atoms with van der Waals surface area (Å²) in [6, 6.07) is -0.745. The molecule has 1 heterocycles. The molecule has 1 rings (SSSR count). The van der Waals surface area contributed by atoms with E-state index in [0.717, 1.165) is 0 Å². The summed E-state index contributed by atoms with van der Waals surface area (Å²) in [4.78, 5) is 58.2. The minimum absolute atomic E-state index is 0.243. The number of nitrogens with zero attached hydrogens (tertiary/aromatic N) is 1. The minimum Gasteiger partial charge on any atom is -0.480 e. The number of nitrogens with one attached hydrogen (secondary N) is 3. The van der Waals surface area contributed by atoms with E-state index >= 15 is 0 Å². The standard InChI is InChI=1S/C13H21N5O6/c14-4-9(19)15-5-10(20)16-6-11(21)18-3-1-2-8(18)13(24)17-7-12(22)23/h8H,1-7,14H2,(H,15,19)(H,16,20)(H,17,24)(H,22,23)/t8-/m0/s1. The van der Waals surface area contributed by atoms with Crippen LogP contribution in [0.3, 0.4) is 0 Å². The van der Waals surface area contributed by atoms with Crippen LogP contribution in [0.2, 0.25) is 0 Å². The zero-order valence-electron chi connectivity index (χ0n) is 13.0. The van der Waals surface area contributed by atoms with E-state index in [9.17, 15) is 24.0 Å². The molecule has 1 aliphatic rings. The van der Waals surface area contributed by atoms with E-state index in [4.69, 9.17) is 10.8 Å². The monoisotopic (exact) mass is 343 g/mol. The lowest BCUT2D eigenvalue weighted by molar-refractivity contribution is -0.141. The van der Waals surface area contributed by atoms with Crippen LogP contribution < -0.4 is 21.7 Å². The van der Waals surface area contributed by atoms with E-state index in [1.54, 1.807) is 0 Å². The summed E-state index contributed by atoms with van der Waals surface area (Å²) in [6.45, 7) is -1.03. The first-order valence-electron chi connectivity index (χ1n) is 7.37. The van der Waals surface area contributed by atoms with Gasteiger partial charge in [0.2, 0.25) is 23.6 Å². The quantitative estimate of drug-likeness (QED) is 0.302. The number of rotatable bonds is 8. The van der Waals surface area contributed by atoms with Gasteiger partial charge in [0.1, 0.15) is 12.6 Å². The molecule has 0 saturated carbocycles. The van der Waals surface area contributed by atoms with Gasteiger partial charge in [-0.05, 0) is 12.8 Å². The normalized spacial score (nSPS) is 16.4. The predicted molar refractivity (Wildman–Crippen MR) is 80.5 cm³/mol. The Labute approximate surface area is 137 Å². The van der Waals surface area contributed by atoms with Crippen molar-refractivity contribution in [2.75, 3.05) is 32.7 Å². The van der Waals surface area contributed by atoms with Crippen LogP contribution in [0.1, 0.15) is 12.8 Å². The molecular formula is C13H21N5O6. The Morgan fingerprint density at radius 2 is 1.67 bits per heavy atom. The highest BCUT2D eigenvalue weighted by molar-refractivity contribution is 5.92. The minimum atomic E-state index is -1.17.